The van der Waals surface area contributed by atoms with Gasteiger partial charge in [0.1, 0.15) is 11.5 Å². The minimum atomic E-state index is -1.90. The van der Waals surface area contributed by atoms with Crippen LogP contribution in [0.5, 0.6) is 0 Å². The van der Waals surface area contributed by atoms with Crippen LogP contribution in [-0.4, -0.2) is 37.2 Å². The van der Waals surface area contributed by atoms with Crippen LogP contribution in [0.25, 0.3) is 11.3 Å². The van der Waals surface area contributed by atoms with Crippen LogP contribution in [0.1, 0.15) is 37.3 Å². The standard InChI is InChI=1S/C19H26FN3O2Si/c1-19(2,3)26(4,5)25-12-15-11-21-18(24)17-10-16(22-23(15)17)13-7-6-8-14(20)9-13/h6-10,15H,11-12H2,1-5H3,(H,21,24). The Balaban J connectivity index is 1.87. The molecule has 3 rings (SSSR count). The molecule has 0 radical (unpaired) electrons. The smallest absolute Gasteiger partial charge is 0.269 e. The van der Waals surface area contributed by atoms with E-state index in [4.69, 9.17) is 4.43 Å². The summed E-state index contributed by atoms with van der Waals surface area (Å²) >= 11 is 0. The molecule has 1 aromatic carbocycles. The molecule has 1 aromatic heterocycles. The topological polar surface area (TPSA) is 56.1 Å². The van der Waals surface area contributed by atoms with Gasteiger partial charge < -0.3 is 9.74 Å². The van der Waals surface area contributed by atoms with E-state index in [1.165, 1.54) is 12.1 Å². The molecule has 1 atom stereocenters. The van der Waals surface area contributed by atoms with E-state index in [9.17, 15) is 9.18 Å². The lowest BCUT2D eigenvalue weighted by Crippen LogP contribution is -2.46. The van der Waals surface area contributed by atoms with E-state index < -0.39 is 8.32 Å². The fraction of sp³-hybridized carbons (Fsp3) is 0.474. The third kappa shape index (κ3) is 3.59. The van der Waals surface area contributed by atoms with Gasteiger partial charge in [-0.05, 0) is 36.3 Å². The average molecular weight is 376 g/mol. The van der Waals surface area contributed by atoms with Gasteiger partial charge in [-0.2, -0.15) is 5.10 Å². The predicted octanol–water partition coefficient (Wildman–Crippen LogP) is 4.00. The molecule has 1 aliphatic heterocycles. The summed E-state index contributed by atoms with van der Waals surface area (Å²) < 4.78 is 21.6. The Labute approximate surface area is 154 Å². The molecule has 0 spiro atoms. The summed E-state index contributed by atoms with van der Waals surface area (Å²) in [7, 11) is -1.90. The number of carbonyl (C=O) groups is 1. The zero-order chi connectivity index (χ0) is 19.1. The Morgan fingerprint density at radius 1 is 1.35 bits per heavy atom. The number of aromatic nitrogens is 2. The Kier molecular flexibility index (Phi) is 4.79. The first-order valence-corrected chi connectivity index (χ1v) is 11.8. The van der Waals surface area contributed by atoms with Gasteiger partial charge in [0.15, 0.2) is 8.32 Å². The number of amides is 1. The van der Waals surface area contributed by atoms with Crippen LogP contribution in [0.15, 0.2) is 30.3 Å². The van der Waals surface area contributed by atoms with E-state index in [1.54, 1.807) is 22.9 Å². The third-order valence-electron chi connectivity index (χ3n) is 5.38. The van der Waals surface area contributed by atoms with Crippen LogP contribution >= 0.6 is 0 Å². The molecule has 0 saturated heterocycles. The van der Waals surface area contributed by atoms with Crippen molar-refractivity contribution in [2.45, 2.75) is 44.9 Å². The first-order chi connectivity index (χ1) is 12.1. The second-order valence-electron chi connectivity index (χ2n) is 8.30. The van der Waals surface area contributed by atoms with Crippen LogP contribution in [-0.2, 0) is 4.43 Å². The molecule has 1 unspecified atom stereocenters. The molecule has 140 valence electrons. The average Bonchev–Trinajstić information content (AvgIpc) is 2.99. The minimum absolute atomic E-state index is 0.0702. The molecule has 0 fully saturated rings. The van der Waals surface area contributed by atoms with Crippen LogP contribution in [0.2, 0.25) is 18.1 Å². The van der Waals surface area contributed by atoms with Crippen molar-refractivity contribution < 1.29 is 13.6 Å². The van der Waals surface area contributed by atoms with Gasteiger partial charge in [0.25, 0.3) is 5.91 Å². The van der Waals surface area contributed by atoms with Gasteiger partial charge in [0, 0.05) is 12.1 Å². The SMILES string of the molecule is CC(C)(C)[Si](C)(C)OCC1CNC(=O)c2cc(-c3cccc(F)c3)nn21. The van der Waals surface area contributed by atoms with Crippen LogP contribution in [0.4, 0.5) is 4.39 Å². The monoisotopic (exact) mass is 375 g/mol. The number of carbonyl (C=O) groups excluding carboxylic acids is 1. The highest BCUT2D eigenvalue weighted by Gasteiger charge is 2.38. The summed E-state index contributed by atoms with van der Waals surface area (Å²) in [6.07, 6.45) is 0. The van der Waals surface area contributed by atoms with E-state index in [0.29, 0.717) is 30.1 Å². The molecule has 0 bridgehead atoms. The third-order valence-corrected chi connectivity index (χ3v) is 9.88. The number of benzene rings is 1. The Morgan fingerprint density at radius 3 is 2.73 bits per heavy atom. The highest BCUT2D eigenvalue weighted by Crippen LogP contribution is 2.37. The van der Waals surface area contributed by atoms with Crippen LogP contribution < -0.4 is 5.32 Å². The molecule has 1 N–H and O–H groups in total. The second kappa shape index (κ2) is 6.63. The maximum atomic E-state index is 13.5. The van der Waals surface area contributed by atoms with Crippen molar-refractivity contribution in [2.24, 2.45) is 0 Å². The molecule has 1 amide bonds. The molecule has 1 aliphatic rings. The molecule has 2 aromatic rings. The zero-order valence-corrected chi connectivity index (χ0v) is 17.0. The van der Waals surface area contributed by atoms with Crippen molar-refractivity contribution in [3.63, 3.8) is 0 Å². The summed E-state index contributed by atoms with van der Waals surface area (Å²) in [5.74, 6) is -0.487. The largest absolute Gasteiger partial charge is 0.415 e. The molecular weight excluding hydrogens is 349 g/mol. The lowest BCUT2D eigenvalue weighted by Gasteiger charge is -2.38. The number of hydrogen-bond acceptors (Lipinski definition) is 3. The van der Waals surface area contributed by atoms with E-state index in [2.05, 4.69) is 44.3 Å². The first kappa shape index (κ1) is 18.8. The van der Waals surface area contributed by atoms with Crippen molar-refractivity contribution in [3.05, 3.63) is 41.8 Å². The fourth-order valence-corrected chi connectivity index (χ4v) is 3.71. The molecule has 2 heterocycles. The highest BCUT2D eigenvalue weighted by molar-refractivity contribution is 6.74. The Hall–Kier alpha value is -1.99. The summed E-state index contributed by atoms with van der Waals surface area (Å²) in [5.41, 5.74) is 1.73. The second-order valence-corrected chi connectivity index (χ2v) is 13.1. The maximum absolute atomic E-state index is 13.5. The van der Waals surface area contributed by atoms with Crippen LogP contribution in [0, 0.1) is 5.82 Å². The first-order valence-electron chi connectivity index (χ1n) is 8.86. The number of rotatable bonds is 4. The molecule has 0 aliphatic carbocycles. The Morgan fingerprint density at radius 2 is 2.08 bits per heavy atom. The number of halogens is 1. The number of fused-ring (bicyclic) bond motifs is 1. The van der Waals surface area contributed by atoms with Crippen molar-refractivity contribution in [1.82, 2.24) is 15.1 Å². The van der Waals surface area contributed by atoms with E-state index in [-0.39, 0.29) is 22.8 Å². The molecule has 0 saturated carbocycles. The van der Waals surface area contributed by atoms with Gasteiger partial charge in [0.05, 0.1) is 18.3 Å². The number of hydrogen-bond donors (Lipinski definition) is 1. The predicted molar refractivity (Wildman–Crippen MR) is 102 cm³/mol. The summed E-state index contributed by atoms with van der Waals surface area (Å²) in [6, 6.07) is 7.88. The summed E-state index contributed by atoms with van der Waals surface area (Å²) in [5, 5.41) is 7.60. The van der Waals surface area contributed by atoms with Crippen molar-refractivity contribution in [1.29, 1.82) is 0 Å². The highest BCUT2D eigenvalue weighted by atomic mass is 28.4. The van der Waals surface area contributed by atoms with Gasteiger partial charge in [-0.3, -0.25) is 9.48 Å². The fourth-order valence-electron chi connectivity index (χ4n) is 2.67. The molecule has 5 nitrogen and oxygen atoms in total. The zero-order valence-electron chi connectivity index (χ0n) is 16.0. The summed E-state index contributed by atoms with van der Waals surface area (Å²) in [4.78, 5) is 12.2. The summed E-state index contributed by atoms with van der Waals surface area (Å²) in [6.45, 7) is 12.0. The van der Waals surface area contributed by atoms with E-state index in [1.807, 2.05) is 0 Å². The van der Waals surface area contributed by atoms with Gasteiger partial charge in [-0.15, -0.1) is 0 Å². The number of nitrogens with one attached hydrogen (secondary N) is 1. The quantitative estimate of drug-likeness (QED) is 0.822. The molecular formula is C19H26FN3O2Si. The number of nitrogens with zero attached hydrogens (tertiary/aromatic N) is 2. The minimum Gasteiger partial charge on any atom is -0.415 e. The van der Waals surface area contributed by atoms with Gasteiger partial charge in [0.2, 0.25) is 0 Å². The van der Waals surface area contributed by atoms with Gasteiger partial charge >= 0.3 is 0 Å². The van der Waals surface area contributed by atoms with Crippen molar-refractivity contribution in [2.75, 3.05) is 13.2 Å². The van der Waals surface area contributed by atoms with Crippen LogP contribution in [0.3, 0.4) is 0 Å². The molecule has 7 heteroatoms. The maximum Gasteiger partial charge on any atom is 0.269 e. The van der Waals surface area contributed by atoms with Crippen molar-refractivity contribution >= 4 is 14.2 Å². The Bertz CT molecular complexity index is 826. The van der Waals surface area contributed by atoms with Gasteiger partial charge in [-0.1, -0.05) is 32.9 Å². The normalized spacial score (nSPS) is 17.8. The lowest BCUT2D eigenvalue weighted by atomic mass is 10.1. The van der Waals surface area contributed by atoms with E-state index in [0.717, 1.165) is 0 Å². The van der Waals surface area contributed by atoms with Crippen molar-refractivity contribution in [3.8, 4) is 11.3 Å². The van der Waals surface area contributed by atoms with E-state index >= 15 is 0 Å². The van der Waals surface area contributed by atoms with Gasteiger partial charge in [-0.25, -0.2) is 4.39 Å². The molecule has 26 heavy (non-hydrogen) atoms. The lowest BCUT2D eigenvalue weighted by molar-refractivity contribution is 0.0890.